The molecule has 1 saturated heterocycles. The minimum Gasteiger partial charge on any atom is -0.481 e. The summed E-state index contributed by atoms with van der Waals surface area (Å²) < 4.78 is 23.1. The smallest absolute Gasteiger partial charge is 0.307 e. The molecule has 1 aromatic rings. The average molecular weight is 297 g/mol. The van der Waals surface area contributed by atoms with E-state index in [-0.39, 0.29) is 17.9 Å². The zero-order valence-corrected chi connectivity index (χ0v) is 12.1. The van der Waals surface area contributed by atoms with Gasteiger partial charge in [-0.3, -0.25) is 9.69 Å². The van der Waals surface area contributed by atoms with Crippen molar-refractivity contribution < 1.29 is 18.3 Å². The molecule has 110 valence electrons. The van der Waals surface area contributed by atoms with Gasteiger partial charge in [0.2, 0.25) is 0 Å². The molecule has 0 saturated carbocycles. The first kappa shape index (κ1) is 15.0. The number of nitrogens with zero attached hydrogens (tertiary/aromatic N) is 1. The van der Waals surface area contributed by atoms with Crippen molar-refractivity contribution in [3.8, 4) is 0 Å². The molecule has 1 heterocycles. The van der Waals surface area contributed by atoms with Gasteiger partial charge in [-0.1, -0.05) is 24.3 Å². The van der Waals surface area contributed by atoms with E-state index in [2.05, 4.69) is 4.90 Å². The highest BCUT2D eigenvalue weighted by atomic mass is 32.2. The van der Waals surface area contributed by atoms with Crippen LogP contribution in [0.15, 0.2) is 24.3 Å². The Labute approximate surface area is 119 Å². The molecular weight excluding hydrogens is 278 g/mol. The van der Waals surface area contributed by atoms with Gasteiger partial charge >= 0.3 is 5.97 Å². The Kier molecular flexibility index (Phi) is 4.77. The molecule has 1 fully saturated rings. The molecule has 1 aliphatic heterocycles. The number of aliphatic carboxylic acids is 1. The van der Waals surface area contributed by atoms with Gasteiger partial charge in [-0.05, 0) is 24.1 Å². The third-order valence-electron chi connectivity index (χ3n) is 3.43. The predicted molar refractivity (Wildman–Crippen MR) is 76.3 cm³/mol. The molecule has 0 atom stereocenters. The van der Waals surface area contributed by atoms with E-state index in [1.165, 1.54) is 0 Å². The molecule has 5 nitrogen and oxygen atoms in total. The van der Waals surface area contributed by atoms with Crippen molar-refractivity contribution in [2.75, 3.05) is 24.6 Å². The molecule has 20 heavy (non-hydrogen) atoms. The summed E-state index contributed by atoms with van der Waals surface area (Å²) in [4.78, 5) is 12.7. The van der Waals surface area contributed by atoms with Crippen molar-refractivity contribution in [2.45, 2.75) is 19.4 Å². The molecule has 2 rings (SSSR count). The van der Waals surface area contributed by atoms with Crippen LogP contribution < -0.4 is 0 Å². The van der Waals surface area contributed by atoms with Crippen LogP contribution in [0.3, 0.4) is 0 Å². The molecule has 0 spiro atoms. The van der Waals surface area contributed by atoms with Gasteiger partial charge < -0.3 is 5.11 Å². The average Bonchev–Trinajstić information content (AvgIpc) is 2.53. The lowest BCUT2D eigenvalue weighted by Crippen LogP contribution is -2.26. The first-order valence-corrected chi connectivity index (χ1v) is 8.49. The monoisotopic (exact) mass is 297 g/mol. The molecule has 0 aromatic heterocycles. The number of sulfone groups is 1. The lowest BCUT2D eigenvalue weighted by Gasteiger charge is -2.19. The normalized spacial score (nSPS) is 19.4. The Balaban J connectivity index is 1.94. The number of carboxylic acid groups (broad SMARTS) is 1. The van der Waals surface area contributed by atoms with Gasteiger partial charge in [-0.2, -0.15) is 0 Å². The summed E-state index contributed by atoms with van der Waals surface area (Å²) >= 11 is 0. The van der Waals surface area contributed by atoms with E-state index in [4.69, 9.17) is 5.11 Å². The third-order valence-corrected chi connectivity index (χ3v) is 5.15. The topological polar surface area (TPSA) is 74.7 Å². The largest absolute Gasteiger partial charge is 0.481 e. The second kappa shape index (κ2) is 6.37. The van der Waals surface area contributed by atoms with Crippen LogP contribution in [0.1, 0.15) is 17.5 Å². The zero-order chi connectivity index (χ0) is 14.6. The highest BCUT2D eigenvalue weighted by Crippen LogP contribution is 2.11. The first-order chi connectivity index (χ1) is 9.44. The van der Waals surface area contributed by atoms with Gasteiger partial charge in [0.1, 0.15) is 0 Å². The van der Waals surface area contributed by atoms with Crippen LogP contribution in [0.25, 0.3) is 0 Å². The Hall–Kier alpha value is -1.40. The zero-order valence-electron chi connectivity index (χ0n) is 11.3. The van der Waals surface area contributed by atoms with E-state index in [0.717, 1.165) is 17.7 Å². The van der Waals surface area contributed by atoms with Crippen LogP contribution in [0.2, 0.25) is 0 Å². The lowest BCUT2D eigenvalue weighted by molar-refractivity contribution is -0.136. The predicted octanol–water partition coefficient (Wildman–Crippen LogP) is 0.934. The minimum absolute atomic E-state index is 0.0300. The molecule has 6 heteroatoms. The van der Waals surface area contributed by atoms with Crippen LogP contribution in [-0.4, -0.2) is 49.0 Å². The standard InChI is InChI=1S/C14H19NO4S/c16-14(17)10-12-2-4-13(5-3-12)11-15-6-1-8-20(18,19)9-7-15/h2-5H,1,6-11H2,(H,16,17). The van der Waals surface area contributed by atoms with Crippen LogP contribution in [-0.2, 0) is 27.6 Å². The second-order valence-corrected chi connectivity index (χ2v) is 7.47. The summed E-state index contributed by atoms with van der Waals surface area (Å²) in [7, 11) is -2.87. The number of hydrogen-bond donors (Lipinski definition) is 1. The maximum atomic E-state index is 11.5. The summed E-state index contributed by atoms with van der Waals surface area (Å²) in [6.07, 6.45) is 0.710. The fourth-order valence-corrected chi connectivity index (χ4v) is 3.65. The Bertz CT molecular complexity index is 565. The molecule has 0 radical (unpaired) electrons. The summed E-state index contributed by atoms with van der Waals surface area (Å²) in [6, 6.07) is 7.46. The van der Waals surface area contributed by atoms with Crippen molar-refractivity contribution in [1.29, 1.82) is 0 Å². The maximum Gasteiger partial charge on any atom is 0.307 e. The lowest BCUT2D eigenvalue weighted by atomic mass is 10.1. The molecule has 0 aliphatic carbocycles. The molecule has 0 bridgehead atoms. The minimum atomic E-state index is -2.87. The number of carbonyl (C=O) groups is 1. The Morgan fingerprint density at radius 1 is 1.10 bits per heavy atom. The number of benzene rings is 1. The molecule has 1 aliphatic rings. The third kappa shape index (κ3) is 4.61. The van der Waals surface area contributed by atoms with Gasteiger partial charge in [0.15, 0.2) is 9.84 Å². The van der Waals surface area contributed by atoms with Crippen molar-refractivity contribution >= 4 is 15.8 Å². The SMILES string of the molecule is O=C(O)Cc1ccc(CN2CCCS(=O)(=O)CC2)cc1. The van der Waals surface area contributed by atoms with Gasteiger partial charge in [0, 0.05) is 13.1 Å². The van der Waals surface area contributed by atoms with Crippen molar-refractivity contribution in [1.82, 2.24) is 4.90 Å². The van der Waals surface area contributed by atoms with E-state index in [1.54, 1.807) is 0 Å². The quantitative estimate of drug-likeness (QED) is 0.895. The fraction of sp³-hybridized carbons (Fsp3) is 0.500. The van der Waals surface area contributed by atoms with Crippen LogP contribution in [0.5, 0.6) is 0 Å². The van der Waals surface area contributed by atoms with Crippen LogP contribution in [0, 0.1) is 0 Å². The first-order valence-electron chi connectivity index (χ1n) is 6.67. The van der Waals surface area contributed by atoms with Crippen molar-refractivity contribution in [3.05, 3.63) is 35.4 Å². The van der Waals surface area contributed by atoms with E-state index < -0.39 is 15.8 Å². The number of rotatable bonds is 4. The molecule has 1 aromatic carbocycles. The maximum absolute atomic E-state index is 11.5. The highest BCUT2D eigenvalue weighted by molar-refractivity contribution is 7.91. The molecular formula is C14H19NO4S. The van der Waals surface area contributed by atoms with Gasteiger partial charge in [-0.15, -0.1) is 0 Å². The Morgan fingerprint density at radius 2 is 1.75 bits per heavy atom. The molecule has 1 N–H and O–H groups in total. The molecule has 0 amide bonds. The van der Waals surface area contributed by atoms with Crippen LogP contribution >= 0.6 is 0 Å². The van der Waals surface area contributed by atoms with Gasteiger partial charge in [-0.25, -0.2) is 8.42 Å². The van der Waals surface area contributed by atoms with Crippen molar-refractivity contribution in [2.24, 2.45) is 0 Å². The van der Waals surface area contributed by atoms with Gasteiger partial charge in [0.05, 0.1) is 17.9 Å². The van der Waals surface area contributed by atoms with Gasteiger partial charge in [0.25, 0.3) is 0 Å². The number of hydrogen-bond acceptors (Lipinski definition) is 4. The van der Waals surface area contributed by atoms with E-state index in [9.17, 15) is 13.2 Å². The summed E-state index contributed by atoms with van der Waals surface area (Å²) in [5.41, 5.74) is 1.86. The fourth-order valence-electron chi connectivity index (χ4n) is 2.34. The summed E-state index contributed by atoms with van der Waals surface area (Å²) in [5.74, 6) is -0.332. The summed E-state index contributed by atoms with van der Waals surface area (Å²) in [6.45, 7) is 2.07. The highest BCUT2D eigenvalue weighted by Gasteiger charge is 2.18. The van der Waals surface area contributed by atoms with Crippen LogP contribution in [0.4, 0.5) is 0 Å². The molecule has 0 unspecified atom stereocenters. The van der Waals surface area contributed by atoms with E-state index in [1.807, 2.05) is 24.3 Å². The van der Waals surface area contributed by atoms with Crippen molar-refractivity contribution in [3.63, 3.8) is 0 Å². The second-order valence-electron chi connectivity index (χ2n) is 5.17. The van der Waals surface area contributed by atoms with E-state index >= 15 is 0 Å². The van der Waals surface area contributed by atoms with E-state index in [0.29, 0.717) is 19.5 Å². The Morgan fingerprint density at radius 3 is 2.40 bits per heavy atom. The summed E-state index contributed by atoms with van der Waals surface area (Å²) in [5, 5.41) is 8.71. The number of carboxylic acids is 1.